The van der Waals surface area contributed by atoms with Gasteiger partial charge in [0.25, 0.3) is 11.5 Å². The Morgan fingerprint density at radius 3 is 1.88 bits per heavy atom. The zero-order chi connectivity index (χ0) is 29.2. The highest BCUT2D eigenvalue weighted by atomic mass is 19.4. The van der Waals surface area contributed by atoms with E-state index in [1.54, 1.807) is 37.3 Å². The van der Waals surface area contributed by atoms with Crippen molar-refractivity contribution >= 4 is 5.91 Å². The van der Waals surface area contributed by atoms with Crippen LogP contribution in [-0.2, 0) is 18.9 Å². The molecule has 0 aliphatic carbocycles. The molecule has 0 fully saturated rings. The largest absolute Gasteiger partial charge is 0.416 e. The van der Waals surface area contributed by atoms with Gasteiger partial charge in [0.05, 0.1) is 29.4 Å². The summed E-state index contributed by atoms with van der Waals surface area (Å²) in [6.45, 7) is 1.10. The standard InChI is InChI=1S/C27H20F6N4O3/c1-16(18-5-3-2-4-6-18)34-23(38)22-24(39)36(15-17-7-9-19(10-8-17)26(28,29)30)25(40)37(35-22)21-13-11-20(12-14-21)27(31,32)33/h2-14,16H,15H2,1H3,(H,34,38)/t16-/m1/s1. The van der Waals surface area contributed by atoms with Crippen LogP contribution in [0.4, 0.5) is 26.3 Å². The lowest BCUT2D eigenvalue weighted by atomic mass is 10.1. The highest BCUT2D eigenvalue weighted by molar-refractivity contribution is 5.92. The average Bonchev–Trinajstić information content (AvgIpc) is 2.91. The smallest absolute Gasteiger partial charge is 0.344 e. The third kappa shape index (κ3) is 6.14. The minimum Gasteiger partial charge on any atom is -0.344 e. The molecule has 1 aromatic heterocycles. The lowest BCUT2D eigenvalue weighted by Crippen LogP contribution is -2.46. The molecule has 0 aliphatic rings. The molecule has 1 atom stereocenters. The van der Waals surface area contributed by atoms with Gasteiger partial charge in [-0.2, -0.15) is 36.1 Å². The molecule has 0 radical (unpaired) electrons. The molecule has 1 amide bonds. The molecule has 1 N–H and O–H groups in total. The van der Waals surface area contributed by atoms with Crippen LogP contribution in [-0.4, -0.2) is 20.3 Å². The molecule has 40 heavy (non-hydrogen) atoms. The van der Waals surface area contributed by atoms with Gasteiger partial charge in [-0.25, -0.2) is 4.79 Å². The molecule has 0 spiro atoms. The summed E-state index contributed by atoms with van der Waals surface area (Å²) in [5.74, 6) is -0.969. The van der Waals surface area contributed by atoms with E-state index in [0.29, 0.717) is 26.9 Å². The SMILES string of the molecule is C[C@@H](NC(=O)c1nn(-c2ccc(C(F)(F)F)cc2)c(=O)n(Cc2ccc(C(F)(F)F)cc2)c1=O)c1ccccc1. The number of alkyl halides is 6. The maximum atomic E-state index is 13.3. The first-order valence-electron chi connectivity index (χ1n) is 11.7. The summed E-state index contributed by atoms with van der Waals surface area (Å²) in [6, 6.07) is 15.0. The Morgan fingerprint density at radius 2 is 1.35 bits per heavy atom. The first kappa shape index (κ1) is 28.3. The number of hydrogen-bond donors (Lipinski definition) is 1. The van der Waals surface area contributed by atoms with Crippen molar-refractivity contribution in [2.45, 2.75) is 31.9 Å². The maximum absolute atomic E-state index is 13.3. The van der Waals surface area contributed by atoms with Gasteiger partial charge in [0.15, 0.2) is 0 Å². The predicted octanol–water partition coefficient (Wildman–Crippen LogP) is 4.97. The number of hydrogen-bond acceptors (Lipinski definition) is 4. The van der Waals surface area contributed by atoms with Gasteiger partial charge in [-0.1, -0.05) is 42.5 Å². The fourth-order valence-electron chi connectivity index (χ4n) is 3.83. The minimum absolute atomic E-state index is 0.126. The number of aromatic nitrogens is 3. The highest BCUT2D eigenvalue weighted by Crippen LogP contribution is 2.30. The molecule has 7 nitrogen and oxygen atoms in total. The van der Waals surface area contributed by atoms with E-state index in [9.17, 15) is 40.7 Å². The molecule has 0 bridgehead atoms. The van der Waals surface area contributed by atoms with Crippen LogP contribution < -0.4 is 16.6 Å². The van der Waals surface area contributed by atoms with Crippen LogP contribution in [0.15, 0.2) is 88.5 Å². The van der Waals surface area contributed by atoms with Crippen LogP contribution in [0.1, 0.15) is 45.7 Å². The van der Waals surface area contributed by atoms with Crippen molar-refractivity contribution in [1.29, 1.82) is 0 Å². The molecular formula is C27H20F6N4O3. The van der Waals surface area contributed by atoms with Crippen LogP contribution in [0, 0.1) is 0 Å². The first-order chi connectivity index (χ1) is 18.8. The number of nitrogens with one attached hydrogen (secondary N) is 1. The normalized spacial score (nSPS) is 12.7. The van der Waals surface area contributed by atoms with Gasteiger partial charge in [0.1, 0.15) is 0 Å². The van der Waals surface area contributed by atoms with Crippen LogP contribution in [0.2, 0.25) is 0 Å². The number of carbonyl (C=O) groups is 1. The van der Waals surface area contributed by atoms with E-state index in [-0.39, 0.29) is 11.3 Å². The lowest BCUT2D eigenvalue weighted by Gasteiger charge is -2.16. The van der Waals surface area contributed by atoms with Gasteiger partial charge >= 0.3 is 18.0 Å². The second-order valence-electron chi connectivity index (χ2n) is 8.78. The van der Waals surface area contributed by atoms with Gasteiger partial charge < -0.3 is 5.32 Å². The molecule has 0 aliphatic heterocycles. The summed E-state index contributed by atoms with van der Waals surface area (Å²) in [5.41, 5.74) is -4.30. The summed E-state index contributed by atoms with van der Waals surface area (Å²) < 4.78 is 79.2. The van der Waals surface area contributed by atoms with Crippen molar-refractivity contribution in [2.24, 2.45) is 0 Å². The van der Waals surface area contributed by atoms with E-state index in [4.69, 9.17) is 0 Å². The van der Waals surface area contributed by atoms with Crippen molar-refractivity contribution in [3.63, 3.8) is 0 Å². The summed E-state index contributed by atoms with van der Waals surface area (Å²) in [5, 5.41) is 6.45. The molecule has 4 rings (SSSR count). The zero-order valence-electron chi connectivity index (χ0n) is 20.6. The van der Waals surface area contributed by atoms with E-state index >= 15 is 0 Å². The maximum Gasteiger partial charge on any atom is 0.416 e. The highest BCUT2D eigenvalue weighted by Gasteiger charge is 2.31. The molecule has 1 heterocycles. The van der Waals surface area contributed by atoms with Crippen molar-refractivity contribution < 1.29 is 31.1 Å². The predicted molar refractivity (Wildman–Crippen MR) is 132 cm³/mol. The summed E-state index contributed by atoms with van der Waals surface area (Å²) in [6.07, 6.45) is -9.26. The van der Waals surface area contributed by atoms with Crippen LogP contribution >= 0.6 is 0 Å². The van der Waals surface area contributed by atoms with Crippen molar-refractivity contribution in [3.8, 4) is 5.69 Å². The van der Waals surface area contributed by atoms with Gasteiger partial charge in [0, 0.05) is 0 Å². The van der Waals surface area contributed by atoms with E-state index in [1.165, 1.54) is 0 Å². The third-order valence-corrected chi connectivity index (χ3v) is 5.98. The Morgan fingerprint density at radius 1 is 0.825 bits per heavy atom. The summed E-state index contributed by atoms with van der Waals surface area (Å²) >= 11 is 0. The Labute approximate surface area is 222 Å². The Hall–Kier alpha value is -4.68. The van der Waals surface area contributed by atoms with Crippen LogP contribution in [0.25, 0.3) is 5.69 Å². The molecule has 0 saturated carbocycles. The number of amides is 1. The molecular weight excluding hydrogens is 542 g/mol. The van der Waals surface area contributed by atoms with Crippen LogP contribution in [0.3, 0.4) is 0 Å². The third-order valence-electron chi connectivity index (χ3n) is 5.98. The quantitative estimate of drug-likeness (QED) is 0.337. The minimum atomic E-state index is -4.66. The average molecular weight is 562 g/mol. The van der Waals surface area contributed by atoms with Crippen molar-refractivity contribution in [2.75, 3.05) is 0 Å². The number of rotatable bonds is 6. The lowest BCUT2D eigenvalue weighted by molar-refractivity contribution is -0.138. The number of carbonyl (C=O) groups excluding carboxylic acids is 1. The molecule has 208 valence electrons. The van der Waals surface area contributed by atoms with Crippen LogP contribution in [0.5, 0.6) is 0 Å². The monoisotopic (exact) mass is 562 g/mol. The zero-order valence-corrected chi connectivity index (χ0v) is 20.6. The molecule has 4 aromatic rings. The fourth-order valence-corrected chi connectivity index (χ4v) is 3.83. The number of nitrogens with zero attached hydrogens (tertiary/aromatic N) is 3. The topological polar surface area (TPSA) is 86.0 Å². The molecule has 0 unspecified atom stereocenters. The summed E-state index contributed by atoms with van der Waals surface area (Å²) in [7, 11) is 0. The fraction of sp³-hybridized carbons (Fsp3) is 0.185. The van der Waals surface area contributed by atoms with E-state index in [1.807, 2.05) is 0 Å². The first-order valence-corrected chi connectivity index (χ1v) is 11.7. The van der Waals surface area contributed by atoms with Gasteiger partial charge in [0.2, 0.25) is 5.69 Å². The van der Waals surface area contributed by atoms with Crippen molar-refractivity contribution in [1.82, 2.24) is 19.7 Å². The van der Waals surface area contributed by atoms with Gasteiger partial charge in [-0.05, 0) is 54.4 Å². The van der Waals surface area contributed by atoms with Gasteiger partial charge in [-0.3, -0.25) is 14.2 Å². The number of benzene rings is 3. The second kappa shape index (κ2) is 10.8. The molecule has 3 aromatic carbocycles. The molecule has 0 saturated heterocycles. The van der Waals surface area contributed by atoms with E-state index in [2.05, 4.69) is 10.4 Å². The van der Waals surface area contributed by atoms with Crippen molar-refractivity contribution in [3.05, 3.63) is 128 Å². The summed E-state index contributed by atoms with van der Waals surface area (Å²) in [4.78, 5) is 39.6. The Balaban J connectivity index is 1.79. The van der Waals surface area contributed by atoms with Gasteiger partial charge in [-0.15, -0.1) is 0 Å². The number of halogens is 6. The van der Waals surface area contributed by atoms with E-state index in [0.717, 1.165) is 36.4 Å². The molecule has 13 heteroatoms. The Bertz CT molecular complexity index is 1630. The Kier molecular flexibility index (Phi) is 7.67. The second-order valence-corrected chi connectivity index (χ2v) is 8.78. The van der Waals surface area contributed by atoms with E-state index < -0.39 is 58.9 Å².